The molecule has 22 heavy (non-hydrogen) atoms. The molecule has 114 valence electrons. The summed E-state index contributed by atoms with van der Waals surface area (Å²) in [5.74, 6) is -0.154. The highest BCUT2D eigenvalue weighted by atomic mass is 32.1. The number of hydrogen-bond donors (Lipinski definition) is 1. The van der Waals surface area contributed by atoms with Gasteiger partial charge in [-0.15, -0.1) is 11.3 Å². The number of rotatable bonds is 3. The van der Waals surface area contributed by atoms with Crippen molar-refractivity contribution in [2.45, 2.75) is 13.8 Å². The minimum absolute atomic E-state index is 0.154. The van der Waals surface area contributed by atoms with Crippen molar-refractivity contribution in [3.63, 3.8) is 0 Å². The molecule has 1 aromatic carbocycles. The van der Waals surface area contributed by atoms with E-state index >= 15 is 0 Å². The summed E-state index contributed by atoms with van der Waals surface area (Å²) in [4.78, 5) is 23.4. The zero-order chi connectivity index (χ0) is 15.9. The first-order chi connectivity index (χ1) is 10.4. The quantitative estimate of drug-likeness (QED) is 0.803. The van der Waals surface area contributed by atoms with E-state index in [2.05, 4.69) is 15.3 Å². The van der Waals surface area contributed by atoms with Gasteiger partial charge in [-0.2, -0.15) is 4.98 Å². The largest absolute Gasteiger partial charge is 0.423 e. The number of oxazole rings is 1. The van der Waals surface area contributed by atoms with Crippen LogP contribution in [-0.2, 0) is 0 Å². The molecule has 0 spiro atoms. The fourth-order valence-corrected chi connectivity index (χ4v) is 2.93. The molecule has 1 N–H and O–H groups in total. The van der Waals surface area contributed by atoms with Gasteiger partial charge in [-0.1, -0.05) is 0 Å². The summed E-state index contributed by atoms with van der Waals surface area (Å²) in [7, 11) is 3.73. The number of anilines is 2. The van der Waals surface area contributed by atoms with E-state index in [0.29, 0.717) is 27.7 Å². The third-order valence-corrected chi connectivity index (χ3v) is 4.20. The standard InChI is InChI=1S/C15H16N4O2S/c1-8-13(22-9(2)16-8)14(20)17-10-5-6-12-11(7-10)18-15(21-12)19(3)4/h5-7H,1-4H3,(H,17,20). The van der Waals surface area contributed by atoms with E-state index in [-0.39, 0.29) is 5.91 Å². The van der Waals surface area contributed by atoms with E-state index in [0.717, 1.165) is 10.7 Å². The summed E-state index contributed by atoms with van der Waals surface area (Å²) < 4.78 is 5.59. The molecular weight excluding hydrogens is 300 g/mol. The van der Waals surface area contributed by atoms with Crippen molar-refractivity contribution in [1.82, 2.24) is 9.97 Å². The van der Waals surface area contributed by atoms with Crippen LogP contribution in [0, 0.1) is 13.8 Å². The molecule has 0 saturated heterocycles. The van der Waals surface area contributed by atoms with Gasteiger partial charge in [0.2, 0.25) is 0 Å². The Morgan fingerprint density at radius 1 is 1.27 bits per heavy atom. The van der Waals surface area contributed by atoms with Gasteiger partial charge in [0, 0.05) is 19.8 Å². The molecule has 0 aliphatic heterocycles. The van der Waals surface area contributed by atoms with E-state index < -0.39 is 0 Å². The molecule has 0 bridgehead atoms. The Bertz CT molecular complexity index is 850. The van der Waals surface area contributed by atoms with Gasteiger partial charge < -0.3 is 14.6 Å². The molecule has 3 rings (SSSR count). The molecule has 0 atom stereocenters. The van der Waals surface area contributed by atoms with Gasteiger partial charge in [0.15, 0.2) is 5.58 Å². The summed E-state index contributed by atoms with van der Waals surface area (Å²) in [5.41, 5.74) is 2.82. The van der Waals surface area contributed by atoms with Crippen LogP contribution >= 0.6 is 11.3 Å². The lowest BCUT2D eigenvalue weighted by molar-refractivity contribution is 0.103. The maximum Gasteiger partial charge on any atom is 0.297 e. The van der Waals surface area contributed by atoms with Crippen molar-refractivity contribution in [3.8, 4) is 0 Å². The first-order valence-electron chi connectivity index (χ1n) is 6.77. The zero-order valence-electron chi connectivity index (χ0n) is 12.8. The molecule has 6 nitrogen and oxygen atoms in total. The van der Waals surface area contributed by atoms with Gasteiger partial charge in [0.25, 0.3) is 11.9 Å². The van der Waals surface area contributed by atoms with Crippen molar-refractivity contribution in [1.29, 1.82) is 0 Å². The monoisotopic (exact) mass is 316 g/mol. The first kappa shape index (κ1) is 14.5. The average Bonchev–Trinajstić information content (AvgIpc) is 3.01. The third kappa shape index (κ3) is 2.67. The van der Waals surface area contributed by atoms with Crippen LogP contribution in [0.5, 0.6) is 0 Å². The topological polar surface area (TPSA) is 71.3 Å². The number of aromatic nitrogens is 2. The molecule has 2 aromatic heterocycles. The predicted molar refractivity (Wildman–Crippen MR) is 87.9 cm³/mol. The molecule has 0 saturated carbocycles. The second kappa shape index (κ2) is 5.42. The van der Waals surface area contributed by atoms with Crippen molar-refractivity contribution in [3.05, 3.63) is 33.8 Å². The normalized spacial score (nSPS) is 10.9. The Labute approximate surface area is 131 Å². The Morgan fingerprint density at radius 2 is 2.05 bits per heavy atom. The van der Waals surface area contributed by atoms with Crippen LogP contribution < -0.4 is 10.2 Å². The molecule has 0 unspecified atom stereocenters. The Kier molecular flexibility index (Phi) is 3.58. The number of carbonyl (C=O) groups excluding carboxylic acids is 1. The van der Waals surface area contributed by atoms with E-state index in [4.69, 9.17) is 4.42 Å². The summed E-state index contributed by atoms with van der Waals surface area (Å²) in [6, 6.07) is 5.93. The number of thiazole rings is 1. The number of benzene rings is 1. The molecule has 3 aromatic rings. The van der Waals surface area contributed by atoms with Crippen LogP contribution in [0.25, 0.3) is 11.1 Å². The Hall–Kier alpha value is -2.41. The van der Waals surface area contributed by atoms with Crippen LogP contribution in [0.4, 0.5) is 11.7 Å². The second-order valence-electron chi connectivity index (χ2n) is 5.17. The minimum atomic E-state index is -0.154. The summed E-state index contributed by atoms with van der Waals surface area (Å²) >= 11 is 1.39. The number of carbonyl (C=O) groups is 1. The third-order valence-electron chi connectivity index (χ3n) is 3.13. The van der Waals surface area contributed by atoms with E-state index in [1.165, 1.54) is 11.3 Å². The van der Waals surface area contributed by atoms with Crippen molar-refractivity contribution >= 4 is 40.0 Å². The van der Waals surface area contributed by atoms with Gasteiger partial charge in [-0.25, -0.2) is 4.98 Å². The molecule has 1 amide bonds. The summed E-state index contributed by atoms with van der Waals surface area (Å²) in [5, 5.41) is 3.76. The Morgan fingerprint density at radius 3 is 2.68 bits per heavy atom. The van der Waals surface area contributed by atoms with Gasteiger partial charge in [0.1, 0.15) is 10.4 Å². The maximum absolute atomic E-state index is 12.3. The number of nitrogens with zero attached hydrogens (tertiary/aromatic N) is 3. The van der Waals surface area contributed by atoms with Crippen LogP contribution in [0.1, 0.15) is 20.4 Å². The molecule has 0 fully saturated rings. The molecule has 7 heteroatoms. The molecule has 0 radical (unpaired) electrons. The van der Waals surface area contributed by atoms with Crippen LogP contribution in [0.3, 0.4) is 0 Å². The van der Waals surface area contributed by atoms with Gasteiger partial charge in [0.05, 0.1) is 10.7 Å². The number of amides is 1. The lowest BCUT2D eigenvalue weighted by atomic mass is 10.2. The van der Waals surface area contributed by atoms with Crippen molar-refractivity contribution < 1.29 is 9.21 Å². The lowest BCUT2D eigenvalue weighted by Gasteiger charge is -2.03. The zero-order valence-corrected chi connectivity index (χ0v) is 13.6. The molecule has 0 aliphatic rings. The minimum Gasteiger partial charge on any atom is -0.423 e. The summed E-state index contributed by atoms with van der Waals surface area (Å²) in [6.07, 6.45) is 0. The first-order valence-corrected chi connectivity index (χ1v) is 7.59. The van der Waals surface area contributed by atoms with E-state index in [1.54, 1.807) is 23.1 Å². The number of fused-ring (bicyclic) bond motifs is 1. The second-order valence-corrected chi connectivity index (χ2v) is 6.38. The highest BCUT2D eigenvalue weighted by Gasteiger charge is 2.15. The van der Waals surface area contributed by atoms with Gasteiger partial charge >= 0.3 is 0 Å². The number of hydrogen-bond acceptors (Lipinski definition) is 6. The Balaban J connectivity index is 1.87. The molecular formula is C15H16N4O2S. The van der Waals surface area contributed by atoms with Gasteiger partial charge in [-0.3, -0.25) is 4.79 Å². The highest BCUT2D eigenvalue weighted by molar-refractivity contribution is 7.13. The number of nitrogens with one attached hydrogen (secondary N) is 1. The SMILES string of the molecule is Cc1nc(C)c(C(=O)Nc2ccc3oc(N(C)C)nc3c2)s1. The van der Waals surface area contributed by atoms with E-state index in [1.807, 2.05) is 27.9 Å². The molecule has 2 heterocycles. The van der Waals surface area contributed by atoms with Crippen LogP contribution in [-0.4, -0.2) is 30.0 Å². The highest BCUT2D eigenvalue weighted by Crippen LogP contribution is 2.25. The van der Waals surface area contributed by atoms with Gasteiger partial charge in [-0.05, 0) is 32.0 Å². The fourth-order valence-electron chi connectivity index (χ4n) is 2.11. The van der Waals surface area contributed by atoms with Crippen LogP contribution in [0.15, 0.2) is 22.6 Å². The average molecular weight is 316 g/mol. The smallest absolute Gasteiger partial charge is 0.297 e. The fraction of sp³-hybridized carbons (Fsp3) is 0.267. The van der Waals surface area contributed by atoms with Crippen molar-refractivity contribution in [2.24, 2.45) is 0 Å². The van der Waals surface area contributed by atoms with Crippen LogP contribution in [0.2, 0.25) is 0 Å². The number of aryl methyl sites for hydroxylation is 2. The molecule has 0 aliphatic carbocycles. The maximum atomic E-state index is 12.3. The lowest BCUT2D eigenvalue weighted by Crippen LogP contribution is -2.11. The summed E-state index contributed by atoms with van der Waals surface area (Å²) in [6.45, 7) is 3.72. The van der Waals surface area contributed by atoms with E-state index in [9.17, 15) is 4.79 Å². The van der Waals surface area contributed by atoms with Crippen molar-refractivity contribution in [2.75, 3.05) is 24.3 Å². The predicted octanol–water partition coefficient (Wildman–Crippen LogP) is 3.22.